The lowest BCUT2D eigenvalue weighted by atomic mass is 10.1. The van der Waals surface area contributed by atoms with E-state index in [1.54, 1.807) is 30.3 Å². The molecule has 2 rings (SSSR count). The minimum Gasteiger partial charge on any atom is -0.352 e. The highest BCUT2D eigenvalue weighted by molar-refractivity contribution is 7.92. The van der Waals surface area contributed by atoms with Crippen LogP contribution in [0.25, 0.3) is 0 Å². The molecule has 0 saturated heterocycles. The average Bonchev–Trinajstić information content (AvgIpc) is 2.79. The van der Waals surface area contributed by atoms with Gasteiger partial charge in [-0.25, -0.2) is 8.42 Å². The molecule has 0 heterocycles. The van der Waals surface area contributed by atoms with Crippen LogP contribution in [0.1, 0.15) is 50.3 Å². The van der Waals surface area contributed by atoms with Gasteiger partial charge in [-0.1, -0.05) is 55.2 Å². The van der Waals surface area contributed by atoms with E-state index in [0.717, 1.165) is 28.1 Å². The van der Waals surface area contributed by atoms with Crippen molar-refractivity contribution in [3.8, 4) is 0 Å². The molecule has 36 heavy (non-hydrogen) atoms. The highest BCUT2D eigenvalue weighted by atomic mass is 35.5. The summed E-state index contributed by atoms with van der Waals surface area (Å²) in [6, 6.07) is 9.32. The van der Waals surface area contributed by atoms with Crippen molar-refractivity contribution in [1.29, 1.82) is 0 Å². The monoisotopic (exact) mass is 555 g/mol. The first-order valence-corrected chi connectivity index (χ1v) is 14.5. The summed E-state index contributed by atoms with van der Waals surface area (Å²) < 4.78 is 26.7. The number of carbonyl (C=O) groups excluding carboxylic acids is 2. The Hall–Kier alpha value is -2.29. The predicted molar refractivity (Wildman–Crippen MR) is 147 cm³/mol. The van der Waals surface area contributed by atoms with Crippen LogP contribution in [0.5, 0.6) is 0 Å². The number of hydrogen-bond donors (Lipinski definition) is 1. The summed E-state index contributed by atoms with van der Waals surface area (Å²) in [5, 5.41) is 3.74. The molecule has 0 aliphatic rings. The third-order valence-electron chi connectivity index (χ3n) is 6.27. The van der Waals surface area contributed by atoms with E-state index in [0.29, 0.717) is 27.7 Å². The molecule has 0 bridgehead atoms. The zero-order chi connectivity index (χ0) is 27.2. The minimum atomic E-state index is -3.81. The van der Waals surface area contributed by atoms with Gasteiger partial charge in [0.2, 0.25) is 21.8 Å². The number of carbonyl (C=O) groups is 2. The van der Waals surface area contributed by atoms with E-state index in [1.807, 2.05) is 40.7 Å². The van der Waals surface area contributed by atoms with Gasteiger partial charge in [-0.2, -0.15) is 0 Å². The van der Waals surface area contributed by atoms with Crippen molar-refractivity contribution in [1.82, 2.24) is 10.2 Å². The zero-order valence-corrected chi connectivity index (χ0v) is 24.0. The maximum absolute atomic E-state index is 13.8. The van der Waals surface area contributed by atoms with Gasteiger partial charge in [0.15, 0.2) is 0 Å². The van der Waals surface area contributed by atoms with Crippen LogP contribution >= 0.6 is 23.2 Å². The first kappa shape index (κ1) is 29.9. The van der Waals surface area contributed by atoms with Crippen molar-refractivity contribution < 1.29 is 18.0 Å². The van der Waals surface area contributed by atoms with Crippen molar-refractivity contribution >= 4 is 50.7 Å². The number of halogens is 2. The summed E-state index contributed by atoms with van der Waals surface area (Å²) in [7, 11) is -3.81. The fourth-order valence-electron chi connectivity index (χ4n) is 3.79. The molecule has 0 radical (unpaired) electrons. The van der Waals surface area contributed by atoms with Crippen molar-refractivity contribution in [3.05, 3.63) is 63.1 Å². The maximum Gasteiger partial charge on any atom is 0.244 e. The van der Waals surface area contributed by atoms with E-state index in [9.17, 15) is 18.0 Å². The van der Waals surface area contributed by atoms with Crippen molar-refractivity contribution in [2.24, 2.45) is 0 Å². The Bertz CT molecular complexity index is 1200. The molecule has 2 atom stereocenters. The Morgan fingerprint density at radius 2 is 1.72 bits per heavy atom. The quantitative estimate of drug-likeness (QED) is 0.418. The predicted octanol–water partition coefficient (Wildman–Crippen LogP) is 5.10. The van der Waals surface area contributed by atoms with Crippen LogP contribution in [0.4, 0.5) is 5.69 Å². The lowest BCUT2D eigenvalue weighted by Crippen LogP contribution is -2.53. The smallest absolute Gasteiger partial charge is 0.244 e. The van der Waals surface area contributed by atoms with Gasteiger partial charge in [-0.15, -0.1) is 0 Å². The van der Waals surface area contributed by atoms with E-state index < -0.39 is 28.5 Å². The van der Waals surface area contributed by atoms with E-state index in [2.05, 4.69) is 5.32 Å². The fraction of sp³-hybridized carbons (Fsp3) is 0.462. The number of aryl methyl sites for hydroxylation is 1. The third kappa shape index (κ3) is 7.60. The zero-order valence-electron chi connectivity index (χ0n) is 21.6. The largest absolute Gasteiger partial charge is 0.352 e. The second-order valence-corrected chi connectivity index (χ2v) is 11.7. The molecule has 0 saturated carbocycles. The van der Waals surface area contributed by atoms with Gasteiger partial charge >= 0.3 is 0 Å². The van der Waals surface area contributed by atoms with Gasteiger partial charge in [0, 0.05) is 22.6 Å². The molecule has 198 valence electrons. The Morgan fingerprint density at radius 3 is 2.28 bits per heavy atom. The summed E-state index contributed by atoms with van der Waals surface area (Å²) in [6.07, 6.45) is 2.13. The van der Waals surface area contributed by atoms with Crippen LogP contribution in [-0.2, 0) is 26.2 Å². The molecule has 0 unspecified atom stereocenters. The molecular formula is C26H35Cl2N3O4S. The summed E-state index contributed by atoms with van der Waals surface area (Å²) in [6.45, 7) is 8.90. The average molecular weight is 557 g/mol. The van der Waals surface area contributed by atoms with E-state index in [1.165, 1.54) is 4.90 Å². The highest BCUT2D eigenvalue weighted by Gasteiger charge is 2.33. The van der Waals surface area contributed by atoms with Crippen LogP contribution in [0.15, 0.2) is 36.4 Å². The molecular weight excluding hydrogens is 521 g/mol. The number of benzene rings is 2. The molecule has 2 aromatic carbocycles. The van der Waals surface area contributed by atoms with E-state index in [4.69, 9.17) is 23.2 Å². The molecule has 7 nitrogen and oxygen atoms in total. The molecule has 10 heteroatoms. The van der Waals surface area contributed by atoms with Gasteiger partial charge in [0.25, 0.3) is 0 Å². The lowest BCUT2D eigenvalue weighted by molar-refractivity contribution is -0.140. The second kappa shape index (κ2) is 12.8. The first-order valence-electron chi connectivity index (χ1n) is 11.9. The van der Waals surface area contributed by atoms with Crippen molar-refractivity contribution in [3.63, 3.8) is 0 Å². The van der Waals surface area contributed by atoms with Crippen molar-refractivity contribution in [2.75, 3.05) is 17.1 Å². The molecule has 0 aliphatic carbocycles. The van der Waals surface area contributed by atoms with Gasteiger partial charge < -0.3 is 10.2 Å². The topological polar surface area (TPSA) is 86.8 Å². The normalized spacial score (nSPS) is 13.1. The number of anilines is 1. The van der Waals surface area contributed by atoms with Crippen LogP contribution in [0.2, 0.25) is 10.0 Å². The van der Waals surface area contributed by atoms with Gasteiger partial charge in [0.1, 0.15) is 12.6 Å². The minimum absolute atomic E-state index is 0.0195. The van der Waals surface area contributed by atoms with Gasteiger partial charge in [0.05, 0.1) is 11.9 Å². The highest BCUT2D eigenvalue weighted by Crippen LogP contribution is 2.27. The molecule has 0 aliphatic heterocycles. The van der Waals surface area contributed by atoms with Crippen LogP contribution in [0, 0.1) is 13.8 Å². The van der Waals surface area contributed by atoms with Crippen molar-refractivity contribution in [2.45, 2.75) is 66.1 Å². The molecule has 2 aromatic rings. The molecule has 2 amide bonds. The van der Waals surface area contributed by atoms with Crippen LogP contribution in [0.3, 0.4) is 0 Å². The standard InChI is InChI=1S/C26H35Cl2N3O4S/c1-7-18(4)29-26(33)23(8-2)30(15-20-12-13-21(27)14-22(20)28)25(32)16-31(36(6,34)35)24-11-9-10-17(3)19(24)5/h9-14,18,23H,7-8,15-16H2,1-6H3,(H,29,33)/t18-,23+/m1/s1. The van der Waals surface area contributed by atoms with Gasteiger partial charge in [-0.05, 0) is 68.5 Å². The Balaban J connectivity index is 2.52. The lowest BCUT2D eigenvalue weighted by Gasteiger charge is -2.34. The maximum atomic E-state index is 13.8. The summed E-state index contributed by atoms with van der Waals surface area (Å²) in [5.41, 5.74) is 2.68. The Kier molecular flexibility index (Phi) is 10.6. The molecule has 0 aromatic heterocycles. The molecule has 1 N–H and O–H groups in total. The van der Waals surface area contributed by atoms with E-state index in [-0.39, 0.29) is 18.5 Å². The summed E-state index contributed by atoms with van der Waals surface area (Å²) >= 11 is 12.4. The summed E-state index contributed by atoms with van der Waals surface area (Å²) in [4.78, 5) is 28.4. The number of nitrogens with one attached hydrogen (secondary N) is 1. The SMILES string of the molecule is CC[C@@H](C)NC(=O)[C@H](CC)N(Cc1ccc(Cl)cc1Cl)C(=O)CN(c1cccc(C)c1C)S(C)(=O)=O. The second-order valence-electron chi connectivity index (χ2n) is 8.99. The fourth-order valence-corrected chi connectivity index (χ4v) is 5.16. The number of amides is 2. The molecule has 0 fully saturated rings. The first-order chi connectivity index (χ1) is 16.8. The number of hydrogen-bond acceptors (Lipinski definition) is 4. The Labute approximate surface area is 224 Å². The molecule has 0 spiro atoms. The summed E-state index contributed by atoms with van der Waals surface area (Å²) in [5.74, 6) is -0.818. The van der Waals surface area contributed by atoms with E-state index >= 15 is 0 Å². The number of sulfonamides is 1. The van der Waals surface area contributed by atoms with Crippen LogP contribution in [-0.4, -0.2) is 50.0 Å². The Morgan fingerprint density at radius 1 is 1.06 bits per heavy atom. The number of nitrogens with zero attached hydrogens (tertiary/aromatic N) is 2. The van der Waals surface area contributed by atoms with Gasteiger partial charge in [-0.3, -0.25) is 13.9 Å². The third-order valence-corrected chi connectivity index (χ3v) is 7.98. The number of rotatable bonds is 11. The van der Waals surface area contributed by atoms with Crippen LogP contribution < -0.4 is 9.62 Å².